The monoisotopic (exact) mass is 404 g/mol. The average Bonchev–Trinajstić information content (AvgIpc) is 2.93. The molecule has 0 radical (unpaired) electrons. The number of ether oxygens (including phenoxy) is 3. The fourth-order valence-electron chi connectivity index (χ4n) is 3.17. The van der Waals surface area contributed by atoms with E-state index >= 15 is 0 Å². The van der Waals surface area contributed by atoms with Crippen molar-refractivity contribution in [2.45, 2.75) is 45.0 Å². The maximum Gasteiger partial charge on any atom is 0.334 e. The van der Waals surface area contributed by atoms with Gasteiger partial charge in [-0.15, -0.1) is 0 Å². The molecule has 0 bridgehead atoms. The summed E-state index contributed by atoms with van der Waals surface area (Å²) >= 11 is 0. The number of aliphatic hydroxyl groups is 1. The number of aliphatic hydroxyl groups excluding tert-OH is 1. The molecule has 1 N–H and O–H groups in total. The molecule has 0 aromatic rings. The Morgan fingerprint density at radius 1 is 1.38 bits per heavy atom. The zero-order valence-electron chi connectivity index (χ0n) is 16.4. The topological polar surface area (TPSA) is 116 Å². The Kier molecular flexibility index (Phi) is 7.28. The van der Waals surface area contributed by atoms with Crippen LogP contribution in [0.1, 0.15) is 26.7 Å². The van der Waals surface area contributed by atoms with Gasteiger partial charge < -0.3 is 19.3 Å². The summed E-state index contributed by atoms with van der Waals surface area (Å²) in [5.41, 5.74) is 0.792. The Bertz CT molecular complexity index is 803. The summed E-state index contributed by atoms with van der Waals surface area (Å²) in [6, 6.07) is 0. The van der Waals surface area contributed by atoms with Crippen LogP contribution in [0.25, 0.3) is 0 Å². The van der Waals surface area contributed by atoms with Gasteiger partial charge in [-0.3, -0.25) is 9.59 Å². The lowest BCUT2D eigenvalue weighted by Gasteiger charge is -2.30. The van der Waals surface area contributed by atoms with E-state index in [-0.39, 0.29) is 23.3 Å². The Labute approximate surface area is 168 Å². The van der Waals surface area contributed by atoms with Crippen LogP contribution in [-0.4, -0.2) is 54.2 Å². The molecule has 0 aromatic heterocycles. The predicted molar refractivity (Wildman–Crippen MR) is 101 cm³/mol. The third-order valence-electron chi connectivity index (χ3n) is 4.69. The Morgan fingerprint density at radius 3 is 2.66 bits per heavy atom. The first-order valence-electron chi connectivity index (χ1n) is 9.08. The van der Waals surface area contributed by atoms with Crippen LogP contribution in [0.4, 0.5) is 0 Å². The first-order valence-corrected chi connectivity index (χ1v) is 9.08. The third-order valence-corrected chi connectivity index (χ3v) is 4.69. The van der Waals surface area contributed by atoms with Crippen molar-refractivity contribution in [3.63, 3.8) is 0 Å². The molecule has 156 valence electrons. The number of aldehydes is 1. The molecule has 1 saturated heterocycles. The van der Waals surface area contributed by atoms with E-state index in [0.29, 0.717) is 24.7 Å². The Morgan fingerprint density at radius 2 is 2.07 bits per heavy atom. The van der Waals surface area contributed by atoms with E-state index in [0.717, 1.165) is 0 Å². The number of rotatable bonds is 5. The molecule has 1 aliphatic carbocycles. The number of carbonyl (C=O) groups excluding carboxylic acids is 4. The van der Waals surface area contributed by atoms with E-state index in [9.17, 15) is 24.3 Å². The fraction of sp³-hybridized carbons (Fsp3) is 0.429. The van der Waals surface area contributed by atoms with Crippen molar-refractivity contribution in [3.05, 3.63) is 47.6 Å². The highest BCUT2D eigenvalue weighted by molar-refractivity contribution is 5.91. The number of carbonyl (C=O) groups is 4. The summed E-state index contributed by atoms with van der Waals surface area (Å²) in [6.07, 6.45) is 0.677. The predicted octanol–water partition coefficient (Wildman–Crippen LogP) is 1.34. The molecule has 2 aliphatic rings. The molecule has 0 saturated carbocycles. The van der Waals surface area contributed by atoms with E-state index in [1.54, 1.807) is 6.08 Å². The number of fused-ring (bicyclic) bond motifs is 1. The molecule has 8 heteroatoms. The highest BCUT2D eigenvalue weighted by atomic mass is 16.6. The lowest BCUT2D eigenvalue weighted by molar-refractivity contribution is -0.150. The van der Waals surface area contributed by atoms with Crippen molar-refractivity contribution in [2.75, 3.05) is 6.61 Å². The molecule has 1 unspecified atom stereocenters. The quantitative estimate of drug-likeness (QED) is 0.240. The van der Waals surface area contributed by atoms with Gasteiger partial charge in [0.25, 0.3) is 0 Å². The second kappa shape index (κ2) is 9.47. The second-order valence-corrected chi connectivity index (χ2v) is 6.98. The van der Waals surface area contributed by atoms with Gasteiger partial charge in [-0.2, -0.15) is 0 Å². The van der Waals surface area contributed by atoms with E-state index in [1.165, 1.54) is 19.9 Å². The molecule has 0 amide bonds. The summed E-state index contributed by atoms with van der Waals surface area (Å²) in [7, 11) is 0. The van der Waals surface area contributed by atoms with Crippen LogP contribution in [0.5, 0.6) is 0 Å². The smallest absolute Gasteiger partial charge is 0.334 e. The Balaban J connectivity index is 2.46. The van der Waals surface area contributed by atoms with Gasteiger partial charge in [0.1, 0.15) is 25.1 Å². The van der Waals surface area contributed by atoms with Crippen LogP contribution in [0.15, 0.2) is 47.6 Å². The van der Waals surface area contributed by atoms with E-state index < -0.39 is 42.1 Å². The van der Waals surface area contributed by atoms with Crippen LogP contribution < -0.4 is 0 Å². The van der Waals surface area contributed by atoms with Gasteiger partial charge in [-0.25, -0.2) is 9.59 Å². The maximum atomic E-state index is 12.1. The molecule has 0 spiro atoms. The molecule has 4 atom stereocenters. The van der Waals surface area contributed by atoms with Gasteiger partial charge in [0.15, 0.2) is 6.10 Å². The van der Waals surface area contributed by atoms with Gasteiger partial charge in [-0.1, -0.05) is 19.2 Å². The minimum atomic E-state index is -1.47. The van der Waals surface area contributed by atoms with Crippen molar-refractivity contribution in [1.82, 2.24) is 0 Å². The lowest BCUT2D eigenvalue weighted by atomic mass is 9.84. The first-order chi connectivity index (χ1) is 13.6. The zero-order valence-corrected chi connectivity index (χ0v) is 16.4. The first kappa shape index (κ1) is 22.3. The number of hydrogen-bond donors (Lipinski definition) is 1. The Hall–Kier alpha value is -3.00. The molecule has 2 rings (SSSR count). The summed E-state index contributed by atoms with van der Waals surface area (Å²) < 4.78 is 15.6. The summed E-state index contributed by atoms with van der Waals surface area (Å²) in [4.78, 5) is 47.0. The second-order valence-electron chi connectivity index (χ2n) is 6.98. The van der Waals surface area contributed by atoms with Gasteiger partial charge in [-0.05, 0) is 31.4 Å². The van der Waals surface area contributed by atoms with E-state index in [4.69, 9.17) is 14.2 Å². The van der Waals surface area contributed by atoms with Gasteiger partial charge in [0.2, 0.25) is 0 Å². The fourth-order valence-corrected chi connectivity index (χ4v) is 3.17. The van der Waals surface area contributed by atoms with E-state index in [2.05, 4.69) is 13.2 Å². The van der Waals surface area contributed by atoms with E-state index in [1.807, 2.05) is 0 Å². The summed E-state index contributed by atoms with van der Waals surface area (Å²) in [5, 5.41) is 11.0. The molecule has 1 heterocycles. The zero-order chi connectivity index (χ0) is 21.7. The van der Waals surface area contributed by atoms with Gasteiger partial charge in [0, 0.05) is 23.6 Å². The van der Waals surface area contributed by atoms with Gasteiger partial charge in [0.05, 0.1) is 5.92 Å². The maximum absolute atomic E-state index is 12.1. The number of allylic oxidation sites excluding steroid dienone is 1. The number of hydrogen-bond acceptors (Lipinski definition) is 8. The highest BCUT2D eigenvalue weighted by Crippen LogP contribution is 2.35. The van der Waals surface area contributed by atoms with Crippen LogP contribution in [0, 0.1) is 5.92 Å². The average molecular weight is 404 g/mol. The van der Waals surface area contributed by atoms with Crippen LogP contribution in [0.2, 0.25) is 0 Å². The van der Waals surface area contributed by atoms with Crippen LogP contribution >= 0.6 is 0 Å². The molecule has 8 nitrogen and oxygen atoms in total. The largest absolute Gasteiger partial charge is 0.461 e. The molecule has 1 fully saturated rings. The summed E-state index contributed by atoms with van der Waals surface area (Å²) in [6.45, 7) is 9.87. The van der Waals surface area contributed by atoms with Crippen molar-refractivity contribution in [2.24, 2.45) is 5.92 Å². The molecular formula is C21H24O8. The SMILES string of the molecule is C=C(C)C(=O)OC1/C(C=O)=C\CC/C(COC(C)=O)=C/[C@H]2OC(=O)C(=C)[C@@H]2[C@@H]1O. The van der Waals surface area contributed by atoms with Crippen molar-refractivity contribution in [3.8, 4) is 0 Å². The van der Waals surface area contributed by atoms with Crippen LogP contribution in [0.3, 0.4) is 0 Å². The van der Waals surface area contributed by atoms with Crippen molar-refractivity contribution >= 4 is 24.2 Å². The molecular weight excluding hydrogens is 380 g/mol. The molecule has 1 aliphatic heterocycles. The number of esters is 3. The van der Waals surface area contributed by atoms with Crippen LogP contribution in [-0.2, 0) is 33.4 Å². The van der Waals surface area contributed by atoms with Crippen molar-refractivity contribution in [1.29, 1.82) is 0 Å². The molecule has 0 aromatic carbocycles. The molecule has 29 heavy (non-hydrogen) atoms. The lowest BCUT2D eigenvalue weighted by Crippen LogP contribution is -2.42. The van der Waals surface area contributed by atoms with Crippen molar-refractivity contribution < 1.29 is 38.5 Å². The minimum Gasteiger partial charge on any atom is -0.461 e. The van der Waals surface area contributed by atoms with Gasteiger partial charge >= 0.3 is 17.9 Å². The highest BCUT2D eigenvalue weighted by Gasteiger charge is 2.46. The normalized spacial score (nSPS) is 30.6. The standard InChI is InChI=1S/C21H24O8/c1-11(2)20(25)29-19-15(9-22)7-5-6-14(10-27-13(4)23)8-16-17(18(19)24)12(3)21(26)28-16/h7-9,16-19,24H,1,3,5-6,10H2,2,4H3/b14-8-,15-7-/t16-,17+,18+,19?/m1/s1. The summed E-state index contributed by atoms with van der Waals surface area (Å²) in [5.74, 6) is -2.91. The third kappa shape index (κ3) is 5.29. The minimum absolute atomic E-state index is 0.00668.